The van der Waals surface area contributed by atoms with E-state index in [2.05, 4.69) is 38.1 Å². The molecule has 1 nitrogen and oxygen atoms in total. The first-order valence-electron chi connectivity index (χ1n) is 7.75. The summed E-state index contributed by atoms with van der Waals surface area (Å²) in [7, 11) is 6.10. The van der Waals surface area contributed by atoms with Crippen molar-refractivity contribution in [1.82, 2.24) is 0 Å². The molecule has 1 aliphatic rings. The van der Waals surface area contributed by atoms with Crippen molar-refractivity contribution in [3.8, 4) is 5.75 Å². The monoisotopic (exact) mass is 278 g/mol. The summed E-state index contributed by atoms with van der Waals surface area (Å²) in [6, 6.07) is 8.38. The van der Waals surface area contributed by atoms with E-state index < -0.39 is 5.50 Å². The first kappa shape index (κ1) is 15.7. The molecule has 1 heterocycles. The highest BCUT2D eigenvalue weighted by molar-refractivity contribution is 6.17. The molecule has 2 aromatic rings. The Bertz CT molecular complexity index is 684. The zero-order chi connectivity index (χ0) is 15.6. The third kappa shape index (κ3) is 2.72. The fourth-order valence-corrected chi connectivity index (χ4v) is 2.90. The topological polar surface area (TPSA) is 9.23 Å². The molecule has 0 saturated carbocycles. The molecule has 108 valence electrons. The Morgan fingerprint density at radius 2 is 1.76 bits per heavy atom. The second-order valence-electron chi connectivity index (χ2n) is 5.36. The minimum atomic E-state index is -0.726. The van der Waals surface area contributed by atoms with Gasteiger partial charge in [-0.2, -0.15) is 0 Å². The van der Waals surface area contributed by atoms with Gasteiger partial charge in [-0.1, -0.05) is 57.2 Å². The predicted molar refractivity (Wildman–Crippen MR) is 93.2 cm³/mol. The second kappa shape index (κ2) is 5.97. The van der Waals surface area contributed by atoms with Gasteiger partial charge in [0, 0.05) is 10.9 Å². The number of rotatable bonds is 1. The first-order chi connectivity index (χ1) is 10.0. The molecule has 2 aromatic carbocycles. The van der Waals surface area contributed by atoms with Crippen LogP contribution in [-0.4, -0.2) is 13.3 Å². The van der Waals surface area contributed by atoms with Gasteiger partial charge in [0.1, 0.15) is 13.6 Å². The van der Waals surface area contributed by atoms with Gasteiger partial charge < -0.3 is 4.74 Å². The lowest BCUT2D eigenvalue weighted by molar-refractivity contribution is 0.227. The molecule has 0 aliphatic carbocycles. The highest BCUT2D eigenvalue weighted by atomic mass is 16.5. The summed E-state index contributed by atoms with van der Waals surface area (Å²) < 4.78 is 6.02. The van der Waals surface area contributed by atoms with Crippen molar-refractivity contribution in [1.29, 1.82) is 0 Å². The zero-order valence-electron chi connectivity index (χ0n) is 13.7. The van der Waals surface area contributed by atoms with E-state index in [-0.39, 0.29) is 0 Å². The molecular formula is C19H23BO. The lowest BCUT2D eigenvalue weighted by Gasteiger charge is -2.31. The van der Waals surface area contributed by atoms with Crippen LogP contribution in [0.4, 0.5) is 0 Å². The smallest absolute Gasteiger partial charge is 0.137 e. The number of fused-ring (bicyclic) bond motifs is 3. The number of hydrogen-bond donors (Lipinski definition) is 0. The average Bonchev–Trinajstić information content (AvgIpc) is 2.50. The summed E-state index contributed by atoms with van der Waals surface area (Å²) in [4.78, 5) is 0. The van der Waals surface area contributed by atoms with Crippen molar-refractivity contribution >= 4 is 24.7 Å². The summed E-state index contributed by atoms with van der Waals surface area (Å²) >= 11 is 0. The maximum Gasteiger partial charge on any atom is 0.137 e. The second-order valence-corrected chi connectivity index (χ2v) is 5.36. The molecule has 0 aromatic heterocycles. The number of aryl methyl sites for hydroxylation is 1. The van der Waals surface area contributed by atoms with Crippen LogP contribution in [0.3, 0.4) is 0 Å². The summed E-state index contributed by atoms with van der Waals surface area (Å²) in [5.41, 5.74) is 3.14. The van der Waals surface area contributed by atoms with Crippen molar-refractivity contribution < 1.29 is 4.74 Å². The standard InChI is InChI=1S/C17H17BO.C2H6/c1-4-12-11(2)13-7-5-6-8-14(13)16-15(12)9-10-17(3,18)19-16;1-2/h5-10H,4H2,1-3H3;1-2H3. The van der Waals surface area contributed by atoms with Gasteiger partial charge in [-0.25, -0.2) is 0 Å². The summed E-state index contributed by atoms with van der Waals surface area (Å²) in [5, 5.41) is 2.40. The average molecular weight is 278 g/mol. The maximum atomic E-state index is 6.10. The quantitative estimate of drug-likeness (QED) is 0.665. The minimum Gasteiger partial charge on any atom is -0.492 e. The molecule has 1 aliphatic heterocycles. The third-order valence-electron chi connectivity index (χ3n) is 3.85. The van der Waals surface area contributed by atoms with Crippen LogP contribution in [0.25, 0.3) is 16.8 Å². The lowest BCUT2D eigenvalue weighted by Crippen LogP contribution is -2.32. The SMILES string of the molecule is CC.[B]C1(C)C=Cc2c(CC)c(C)c3ccccc3c2O1. The Labute approximate surface area is 129 Å². The van der Waals surface area contributed by atoms with Crippen LogP contribution >= 0.6 is 0 Å². The van der Waals surface area contributed by atoms with Crippen LogP contribution in [0, 0.1) is 6.92 Å². The van der Waals surface area contributed by atoms with E-state index in [1.165, 1.54) is 22.1 Å². The van der Waals surface area contributed by atoms with E-state index in [1.54, 1.807) is 0 Å². The van der Waals surface area contributed by atoms with Crippen LogP contribution in [0.15, 0.2) is 30.3 Å². The van der Waals surface area contributed by atoms with Crippen LogP contribution in [0.2, 0.25) is 0 Å². The van der Waals surface area contributed by atoms with Crippen molar-refractivity contribution in [2.24, 2.45) is 0 Å². The molecule has 2 heteroatoms. The van der Waals surface area contributed by atoms with Gasteiger partial charge in [-0.15, -0.1) is 0 Å². The van der Waals surface area contributed by atoms with Crippen LogP contribution in [0.5, 0.6) is 5.75 Å². The summed E-state index contributed by atoms with van der Waals surface area (Å²) in [6.07, 6.45) is 5.04. The minimum absolute atomic E-state index is 0.726. The van der Waals surface area contributed by atoms with E-state index in [0.29, 0.717) is 0 Å². The number of benzene rings is 2. The Morgan fingerprint density at radius 3 is 2.38 bits per heavy atom. The first-order valence-corrected chi connectivity index (χ1v) is 7.75. The van der Waals surface area contributed by atoms with E-state index in [0.717, 1.165) is 17.6 Å². The number of hydrogen-bond acceptors (Lipinski definition) is 1. The van der Waals surface area contributed by atoms with E-state index in [9.17, 15) is 0 Å². The highest BCUT2D eigenvalue weighted by Gasteiger charge is 2.25. The summed E-state index contributed by atoms with van der Waals surface area (Å²) in [6.45, 7) is 10.2. The molecule has 0 saturated heterocycles. The Hall–Kier alpha value is -1.70. The largest absolute Gasteiger partial charge is 0.492 e. The molecular weight excluding hydrogens is 255 g/mol. The van der Waals surface area contributed by atoms with Crippen molar-refractivity contribution in [2.45, 2.75) is 46.5 Å². The Morgan fingerprint density at radius 1 is 1.14 bits per heavy atom. The van der Waals surface area contributed by atoms with Gasteiger partial charge in [0.15, 0.2) is 0 Å². The highest BCUT2D eigenvalue weighted by Crippen LogP contribution is 2.41. The fraction of sp³-hybridized carbons (Fsp3) is 0.368. The van der Waals surface area contributed by atoms with Gasteiger partial charge >= 0.3 is 0 Å². The van der Waals surface area contributed by atoms with Gasteiger partial charge in [0.05, 0.1) is 5.50 Å². The van der Waals surface area contributed by atoms with Gasteiger partial charge in [-0.3, -0.25) is 0 Å². The predicted octanol–water partition coefficient (Wildman–Crippen LogP) is 5.03. The van der Waals surface area contributed by atoms with Gasteiger partial charge in [-0.05, 0) is 36.8 Å². The molecule has 0 amide bonds. The number of ether oxygens (including phenoxy) is 1. The molecule has 1 unspecified atom stereocenters. The Balaban J connectivity index is 0.000000774. The molecule has 3 rings (SSSR count). The van der Waals surface area contributed by atoms with Crippen LogP contribution in [0.1, 0.15) is 44.4 Å². The summed E-state index contributed by atoms with van der Waals surface area (Å²) in [5.74, 6) is 0.922. The molecule has 0 fully saturated rings. The van der Waals surface area contributed by atoms with Crippen molar-refractivity contribution in [3.63, 3.8) is 0 Å². The van der Waals surface area contributed by atoms with Crippen LogP contribution in [-0.2, 0) is 6.42 Å². The van der Waals surface area contributed by atoms with Crippen molar-refractivity contribution in [3.05, 3.63) is 47.0 Å². The maximum absolute atomic E-state index is 6.10. The zero-order valence-corrected chi connectivity index (χ0v) is 13.7. The molecule has 0 spiro atoms. The van der Waals surface area contributed by atoms with Gasteiger partial charge in [0.25, 0.3) is 0 Å². The molecule has 21 heavy (non-hydrogen) atoms. The Kier molecular flexibility index (Phi) is 4.46. The van der Waals surface area contributed by atoms with Gasteiger partial charge in [0.2, 0.25) is 0 Å². The van der Waals surface area contributed by atoms with E-state index in [4.69, 9.17) is 12.6 Å². The molecule has 1 atom stereocenters. The normalized spacial score (nSPS) is 19.5. The lowest BCUT2D eigenvalue weighted by atomic mass is 9.79. The molecule has 0 bridgehead atoms. The molecule has 0 N–H and O–H groups in total. The fourth-order valence-electron chi connectivity index (χ4n) is 2.90. The van der Waals surface area contributed by atoms with Crippen LogP contribution < -0.4 is 4.74 Å². The van der Waals surface area contributed by atoms with Crippen molar-refractivity contribution in [2.75, 3.05) is 0 Å². The molecule has 2 radical (unpaired) electrons. The third-order valence-corrected chi connectivity index (χ3v) is 3.85. The van der Waals surface area contributed by atoms with E-state index >= 15 is 0 Å². The van der Waals surface area contributed by atoms with E-state index in [1.807, 2.05) is 32.9 Å².